The molecule has 2 rings (SSSR count). The van der Waals surface area contributed by atoms with Crippen LogP contribution in [0.3, 0.4) is 0 Å². The predicted octanol–water partition coefficient (Wildman–Crippen LogP) is 4.95. The first-order chi connectivity index (χ1) is 9.61. The number of hydrogen-bond donors (Lipinski definition) is 0. The molecule has 0 N–H and O–H groups in total. The molecule has 0 amide bonds. The molecule has 1 aromatic rings. The molecular weight excluding hydrogens is 260 g/mol. The van der Waals surface area contributed by atoms with Crippen molar-refractivity contribution in [2.45, 2.75) is 71.8 Å². The molecule has 0 heterocycles. The maximum Gasteiger partial charge on any atom is 0.312 e. The van der Waals surface area contributed by atoms with Gasteiger partial charge in [0.15, 0.2) is 0 Å². The van der Waals surface area contributed by atoms with Crippen molar-refractivity contribution in [2.75, 3.05) is 0 Å². The van der Waals surface area contributed by atoms with Gasteiger partial charge in [0.05, 0.1) is 5.41 Å². The summed E-state index contributed by atoms with van der Waals surface area (Å²) in [6.07, 6.45) is 2.67. The van der Waals surface area contributed by atoms with Crippen molar-refractivity contribution in [1.29, 1.82) is 0 Å². The van der Waals surface area contributed by atoms with Crippen LogP contribution >= 0.6 is 0 Å². The highest BCUT2D eigenvalue weighted by Crippen LogP contribution is 2.50. The highest BCUT2D eigenvalue weighted by atomic mass is 16.6. The summed E-state index contributed by atoms with van der Waals surface area (Å²) in [5.41, 5.74) is 1.83. The normalized spacial score (nSPS) is 17.4. The van der Waals surface area contributed by atoms with Gasteiger partial charge in [0.1, 0.15) is 5.60 Å². The van der Waals surface area contributed by atoms with Gasteiger partial charge in [-0.2, -0.15) is 0 Å². The third kappa shape index (κ3) is 3.30. The molecular formula is C19H28O2. The summed E-state index contributed by atoms with van der Waals surface area (Å²) in [4.78, 5) is 12.3. The molecule has 1 aliphatic rings. The van der Waals surface area contributed by atoms with E-state index in [2.05, 4.69) is 45.0 Å². The average molecular weight is 288 g/mol. The van der Waals surface area contributed by atoms with Crippen LogP contribution in [0.2, 0.25) is 0 Å². The van der Waals surface area contributed by atoms with Gasteiger partial charge in [-0.15, -0.1) is 0 Å². The highest BCUT2D eigenvalue weighted by molar-refractivity contribution is 5.76. The van der Waals surface area contributed by atoms with Crippen molar-refractivity contribution < 1.29 is 9.53 Å². The summed E-state index contributed by atoms with van der Waals surface area (Å²) in [5.74, 6) is -0.0811. The largest absolute Gasteiger partial charge is 0.454 e. The summed E-state index contributed by atoms with van der Waals surface area (Å²) >= 11 is 0. The Morgan fingerprint density at radius 3 is 2.00 bits per heavy atom. The van der Waals surface area contributed by atoms with Gasteiger partial charge in [0.25, 0.3) is 0 Å². The standard InChI is InChI=1S/C19H28O2/c1-7-18(5,6)16(20)21-19(12-13-19)15-10-8-14(9-11-15)17(2,3)4/h8-11H,7,12-13H2,1-6H3. The van der Waals surface area contributed by atoms with Crippen molar-refractivity contribution >= 4 is 5.97 Å². The lowest BCUT2D eigenvalue weighted by atomic mass is 9.86. The van der Waals surface area contributed by atoms with E-state index in [1.54, 1.807) is 0 Å². The Bertz CT molecular complexity index is 513. The Morgan fingerprint density at radius 2 is 1.62 bits per heavy atom. The summed E-state index contributed by atoms with van der Waals surface area (Å²) in [5, 5.41) is 0. The monoisotopic (exact) mass is 288 g/mol. The molecule has 0 aliphatic heterocycles. The summed E-state index contributed by atoms with van der Waals surface area (Å²) in [6, 6.07) is 8.57. The number of ether oxygens (including phenoxy) is 1. The van der Waals surface area contributed by atoms with Gasteiger partial charge < -0.3 is 4.74 Å². The van der Waals surface area contributed by atoms with Crippen LogP contribution in [0.1, 0.15) is 71.9 Å². The second kappa shape index (κ2) is 5.15. The Morgan fingerprint density at radius 1 is 1.10 bits per heavy atom. The van der Waals surface area contributed by atoms with Crippen LogP contribution in [0.5, 0.6) is 0 Å². The molecule has 0 spiro atoms. The van der Waals surface area contributed by atoms with E-state index in [4.69, 9.17) is 4.74 Å². The number of carbonyl (C=O) groups excluding carboxylic acids is 1. The zero-order chi connectivity index (χ0) is 15.9. The van der Waals surface area contributed by atoms with Crippen LogP contribution in [0.15, 0.2) is 24.3 Å². The second-order valence-electron chi connectivity index (χ2n) is 7.95. The number of benzene rings is 1. The molecule has 0 bridgehead atoms. The Kier molecular flexibility index (Phi) is 3.94. The first-order valence-corrected chi connectivity index (χ1v) is 7.95. The molecule has 1 saturated carbocycles. The molecule has 0 radical (unpaired) electrons. The molecule has 116 valence electrons. The fourth-order valence-corrected chi connectivity index (χ4v) is 2.30. The fourth-order valence-electron chi connectivity index (χ4n) is 2.30. The SMILES string of the molecule is CCC(C)(C)C(=O)OC1(c2ccc(C(C)(C)C)cc2)CC1. The topological polar surface area (TPSA) is 26.3 Å². The number of carbonyl (C=O) groups is 1. The molecule has 2 nitrogen and oxygen atoms in total. The van der Waals surface area contributed by atoms with Gasteiger partial charge in [-0.1, -0.05) is 52.0 Å². The molecule has 0 unspecified atom stereocenters. The Balaban J connectivity index is 2.16. The molecule has 0 atom stereocenters. The van der Waals surface area contributed by atoms with Gasteiger partial charge >= 0.3 is 5.97 Å². The lowest BCUT2D eigenvalue weighted by Crippen LogP contribution is -2.30. The maximum atomic E-state index is 12.3. The van der Waals surface area contributed by atoms with E-state index < -0.39 is 5.41 Å². The van der Waals surface area contributed by atoms with Crippen molar-refractivity contribution in [3.05, 3.63) is 35.4 Å². The van der Waals surface area contributed by atoms with E-state index >= 15 is 0 Å². The zero-order valence-corrected chi connectivity index (χ0v) is 14.2. The van der Waals surface area contributed by atoms with E-state index in [0.717, 1.165) is 24.8 Å². The summed E-state index contributed by atoms with van der Waals surface area (Å²) in [7, 11) is 0. The lowest BCUT2D eigenvalue weighted by molar-refractivity contribution is -0.162. The van der Waals surface area contributed by atoms with Gasteiger partial charge in [-0.3, -0.25) is 4.79 Å². The van der Waals surface area contributed by atoms with Gasteiger partial charge in [0, 0.05) is 0 Å². The second-order valence-corrected chi connectivity index (χ2v) is 7.95. The van der Waals surface area contributed by atoms with Crippen LogP contribution in [0.25, 0.3) is 0 Å². The van der Waals surface area contributed by atoms with Crippen LogP contribution < -0.4 is 0 Å². The van der Waals surface area contributed by atoms with Crippen LogP contribution in [0, 0.1) is 5.41 Å². The van der Waals surface area contributed by atoms with Crippen molar-refractivity contribution in [2.24, 2.45) is 5.41 Å². The molecule has 1 aromatic carbocycles. The van der Waals surface area contributed by atoms with Crippen LogP contribution in [-0.4, -0.2) is 5.97 Å². The minimum absolute atomic E-state index is 0.0811. The molecule has 0 aromatic heterocycles. The van der Waals surface area contributed by atoms with Gasteiger partial charge in [-0.25, -0.2) is 0 Å². The van der Waals surface area contributed by atoms with E-state index in [0.29, 0.717) is 0 Å². The molecule has 1 fully saturated rings. The zero-order valence-electron chi connectivity index (χ0n) is 14.2. The Hall–Kier alpha value is -1.31. The minimum Gasteiger partial charge on any atom is -0.454 e. The summed E-state index contributed by atoms with van der Waals surface area (Å²) in [6.45, 7) is 12.6. The molecule has 21 heavy (non-hydrogen) atoms. The number of hydrogen-bond acceptors (Lipinski definition) is 2. The summed E-state index contributed by atoms with van der Waals surface area (Å²) < 4.78 is 5.88. The Labute approximate surface area is 128 Å². The minimum atomic E-state index is -0.402. The molecule has 2 heteroatoms. The number of esters is 1. The number of rotatable bonds is 4. The third-order valence-corrected chi connectivity index (χ3v) is 4.71. The van der Waals surface area contributed by atoms with Crippen molar-refractivity contribution in [1.82, 2.24) is 0 Å². The first kappa shape index (κ1) is 16.1. The van der Waals surface area contributed by atoms with Crippen LogP contribution in [-0.2, 0) is 20.5 Å². The van der Waals surface area contributed by atoms with Crippen molar-refractivity contribution in [3.63, 3.8) is 0 Å². The lowest BCUT2D eigenvalue weighted by Gasteiger charge is -2.26. The smallest absolute Gasteiger partial charge is 0.312 e. The molecule has 0 saturated heterocycles. The fraction of sp³-hybridized carbons (Fsp3) is 0.632. The maximum absolute atomic E-state index is 12.3. The quantitative estimate of drug-likeness (QED) is 0.732. The van der Waals surface area contributed by atoms with Gasteiger partial charge in [-0.05, 0) is 49.7 Å². The van der Waals surface area contributed by atoms with Crippen molar-refractivity contribution in [3.8, 4) is 0 Å². The third-order valence-electron chi connectivity index (χ3n) is 4.71. The first-order valence-electron chi connectivity index (χ1n) is 7.95. The molecule has 1 aliphatic carbocycles. The average Bonchev–Trinajstić information content (AvgIpc) is 3.18. The van der Waals surface area contributed by atoms with E-state index in [1.165, 1.54) is 5.56 Å². The van der Waals surface area contributed by atoms with Gasteiger partial charge in [0.2, 0.25) is 0 Å². The van der Waals surface area contributed by atoms with Crippen LogP contribution in [0.4, 0.5) is 0 Å². The predicted molar refractivity (Wildman–Crippen MR) is 86.2 cm³/mol. The highest BCUT2D eigenvalue weighted by Gasteiger charge is 2.50. The van der Waals surface area contributed by atoms with E-state index in [9.17, 15) is 4.79 Å². The van der Waals surface area contributed by atoms with E-state index in [-0.39, 0.29) is 17.0 Å². The van der Waals surface area contributed by atoms with E-state index in [1.807, 2.05) is 20.8 Å².